The molecule has 6 rings (SSSR count). The number of nitrogens with zero attached hydrogens (tertiary/aromatic N) is 3. The molecule has 0 aromatic heterocycles. The lowest BCUT2D eigenvalue weighted by atomic mass is 9.91. The van der Waals surface area contributed by atoms with Crippen molar-refractivity contribution in [2.24, 2.45) is 5.92 Å². The fraction of sp³-hybridized carbons (Fsp3) is 0.345. The summed E-state index contributed by atoms with van der Waals surface area (Å²) >= 11 is 0. The number of ether oxygens (including phenoxy) is 1. The van der Waals surface area contributed by atoms with Gasteiger partial charge in [0.25, 0.3) is 17.7 Å². The molecule has 0 spiro atoms. The summed E-state index contributed by atoms with van der Waals surface area (Å²) in [5, 5.41) is 1.60. The number of rotatable bonds is 5. The predicted octanol–water partition coefficient (Wildman–Crippen LogP) is 3.01. The number of carbonyl (C=O) groups is 3. The molecule has 0 radical (unpaired) electrons. The van der Waals surface area contributed by atoms with Crippen LogP contribution < -0.4 is 0 Å². The second kappa shape index (κ2) is 10.2. The van der Waals surface area contributed by atoms with Crippen molar-refractivity contribution in [1.82, 2.24) is 14.1 Å². The van der Waals surface area contributed by atoms with E-state index in [1.807, 2.05) is 24.3 Å². The minimum absolute atomic E-state index is 0.0902. The molecular weight excluding hydrogens is 518 g/mol. The summed E-state index contributed by atoms with van der Waals surface area (Å²) in [6.45, 7) is 2.69. The molecule has 0 atom stereocenters. The molecular formula is C29H29N3O6S. The lowest BCUT2D eigenvalue weighted by molar-refractivity contribution is 0.0524. The monoisotopic (exact) mass is 547 g/mol. The Labute approximate surface area is 227 Å². The Morgan fingerprint density at radius 3 is 2.00 bits per heavy atom. The highest BCUT2D eigenvalue weighted by Gasteiger charge is 2.35. The number of carbonyl (C=O) groups excluding carboxylic acids is 3. The maximum atomic E-state index is 13.2. The lowest BCUT2D eigenvalue weighted by Gasteiger charge is -2.35. The lowest BCUT2D eigenvalue weighted by Crippen LogP contribution is -2.46. The number of piperidine rings is 1. The van der Waals surface area contributed by atoms with Crippen LogP contribution in [-0.4, -0.2) is 86.2 Å². The van der Waals surface area contributed by atoms with Gasteiger partial charge in [0.1, 0.15) is 0 Å². The Kier molecular flexibility index (Phi) is 6.70. The predicted molar refractivity (Wildman–Crippen MR) is 144 cm³/mol. The Morgan fingerprint density at radius 1 is 0.821 bits per heavy atom. The van der Waals surface area contributed by atoms with Crippen LogP contribution in [0.3, 0.4) is 0 Å². The molecule has 3 aliphatic rings. The first kappa shape index (κ1) is 25.7. The summed E-state index contributed by atoms with van der Waals surface area (Å²) in [6.07, 6.45) is 1.33. The molecule has 202 valence electrons. The summed E-state index contributed by atoms with van der Waals surface area (Å²) in [5.41, 5.74) is 1.53. The molecule has 0 saturated carbocycles. The molecule has 3 aromatic carbocycles. The summed E-state index contributed by atoms with van der Waals surface area (Å²) in [5.74, 6) is -0.605. The number of likely N-dealkylation sites (tertiary alicyclic amines) is 1. The van der Waals surface area contributed by atoms with Gasteiger partial charge in [0.15, 0.2) is 0 Å². The smallest absolute Gasteiger partial charge is 0.261 e. The van der Waals surface area contributed by atoms with Gasteiger partial charge in [-0.25, -0.2) is 8.42 Å². The van der Waals surface area contributed by atoms with Crippen molar-refractivity contribution in [3.63, 3.8) is 0 Å². The molecule has 3 amide bonds. The van der Waals surface area contributed by atoms with E-state index in [9.17, 15) is 22.8 Å². The average Bonchev–Trinajstić information content (AvgIpc) is 2.98. The molecule has 3 aromatic rings. The summed E-state index contributed by atoms with van der Waals surface area (Å²) < 4.78 is 32.4. The van der Waals surface area contributed by atoms with Crippen molar-refractivity contribution >= 4 is 38.5 Å². The third-order valence-electron chi connectivity index (χ3n) is 7.91. The molecule has 9 nitrogen and oxygen atoms in total. The Bertz CT molecular complexity index is 1500. The number of hydrogen-bond donors (Lipinski definition) is 0. The second-order valence-corrected chi connectivity index (χ2v) is 12.1. The summed E-state index contributed by atoms with van der Waals surface area (Å²) in [4.78, 5) is 42.9. The summed E-state index contributed by atoms with van der Waals surface area (Å²) in [6, 6.07) is 17.1. The standard InChI is InChI=1S/C29H29N3O6S/c33-27(22-7-9-23(10-8-22)39(36,37)31-15-17-38-18-16-31)30-13-11-20(12-14-30)19-32-28(34)24-5-1-3-21-4-2-6-25(26(21)24)29(32)35/h1-10,20H,11-19H2. The van der Waals surface area contributed by atoms with Gasteiger partial charge in [0.05, 0.1) is 18.1 Å². The SMILES string of the molecule is O=C(c1ccc(S(=O)(=O)N2CCOCC2)cc1)N1CCC(CN2C(=O)c3cccc4cccc(c34)C2=O)CC1. The minimum Gasteiger partial charge on any atom is -0.379 e. The van der Waals surface area contributed by atoms with E-state index in [0.717, 1.165) is 10.8 Å². The zero-order chi connectivity index (χ0) is 27.1. The van der Waals surface area contributed by atoms with E-state index >= 15 is 0 Å². The van der Waals surface area contributed by atoms with Crippen LogP contribution in [0.5, 0.6) is 0 Å². The van der Waals surface area contributed by atoms with Crippen molar-refractivity contribution in [3.05, 3.63) is 77.4 Å². The van der Waals surface area contributed by atoms with E-state index in [1.165, 1.54) is 21.3 Å². The Hall–Kier alpha value is -3.60. The molecule has 0 N–H and O–H groups in total. The van der Waals surface area contributed by atoms with Gasteiger partial charge in [-0.3, -0.25) is 19.3 Å². The normalized spacial score (nSPS) is 19.1. The zero-order valence-corrected chi connectivity index (χ0v) is 22.2. The van der Waals surface area contributed by atoms with Crippen LogP contribution in [0.4, 0.5) is 0 Å². The highest BCUT2D eigenvalue weighted by Crippen LogP contribution is 2.31. The molecule has 0 unspecified atom stereocenters. The quantitative estimate of drug-likeness (QED) is 0.455. The third kappa shape index (κ3) is 4.62. The number of benzene rings is 3. The first-order valence-corrected chi connectivity index (χ1v) is 14.6. The Balaban J connectivity index is 1.09. The molecule has 3 aliphatic heterocycles. The highest BCUT2D eigenvalue weighted by molar-refractivity contribution is 7.89. The van der Waals surface area contributed by atoms with E-state index < -0.39 is 10.0 Å². The molecule has 2 fully saturated rings. The second-order valence-electron chi connectivity index (χ2n) is 10.2. The number of amides is 3. The fourth-order valence-electron chi connectivity index (χ4n) is 5.71. The third-order valence-corrected chi connectivity index (χ3v) is 9.82. The highest BCUT2D eigenvalue weighted by atomic mass is 32.2. The van der Waals surface area contributed by atoms with Gasteiger partial charge in [0, 0.05) is 54.8 Å². The van der Waals surface area contributed by atoms with E-state index in [0.29, 0.717) is 75.5 Å². The molecule has 2 saturated heterocycles. The van der Waals surface area contributed by atoms with Gasteiger partial charge in [-0.1, -0.05) is 24.3 Å². The van der Waals surface area contributed by atoms with Crippen molar-refractivity contribution in [3.8, 4) is 0 Å². The fourth-order valence-corrected chi connectivity index (χ4v) is 7.12. The van der Waals surface area contributed by atoms with Crippen molar-refractivity contribution in [2.75, 3.05) is 45.9 Å². The average molecular weight is 548 g/mol. The maximum absolute atomic E-state index is 13.2. The zero-order valence-electron chi connectivity index (χ0n) is 21.4. The molecule has 39 heavy (non-hydrogen) atoms. The number of hydrogen-bond acceptors (Lipinski definition) is 6. The number of imide groups is 1. The van der Waals surface area contributed by atoms with Gasteiger partial charge in [0.2, 0.25) is 10.0 Å². The first-order valence-electron chi connectivity index (χ1n) is 13.2. The van der Waals surface area contributed by atoms with Crippen molar-refractivity contribution in [1.29, 1.82) is 0 Å². The largest absolute Gasteiger partial charge is 0.379 e. The van der Waals surface area contributed by atoms with Crippen LogP contribution in [0, 0.1) is 5.92 Å². The Morgan fingerprint density at radius 2 is 1.41 bits per heavy atom. The van der Waals surface area contributed by atoms with Gasteiger partial charge >= 0.3 is 0 Å². The van der Waals surface area contributed by atoms with Crippen LogP contribution in [0.25, 0.3) is 10.8 Å². The number of morpholine rings is 1. The first-order chi connectivity index (χ1) is 18.8. The van der Waals surface area contributed by atoms with Crippen molar-refractivity contribution < 1.29 is 27.5 Å². The van der Waals surface area contributed by atoms with Crippen LogP contribution in [0.1, 0.15) is 43.9 Å². The van der Waals surface area contributed by atoms with Crippen LogP contribution in [0.2, 0.25) is 0 Å². The van der Waals surface area contributed by atoms with Gasteiger partial charge < -0.3 is 9.64 Å². The van der Waals surface area contributed by atoms with Crippen LogP contribution >= 0.6 is 0 Å². The van der Waals surface area contributed by atoms with Crippen molar-refractivity contribution in [2.45, 2.75) is 17.7 Å². The van der Waals surface area contributed by atoms with Gasteiger partial charge in [-0.05, 0) is 60.5 Å². The van der Waals surface area contributed by atoms with E-state index in [1.54, 1.807) is 29.2 Å². The van der Waals surface area contributed by atoms with E-state index in [-0.39, 0.29) is 28.5 Å². The van der Waals surface area contributed by atoms with Crippen LogP contribution in [0.15, 0.2) is 65.6 Å². The summed E-state index contributed by atoms with van der Waals surface area (Å²) in [7, 11) is -3.62. The maximum Gasteiger partial charge on any atom is 0.261 e. The van der Waals surface area contributed by atoms with E-state index in [4.69, 9.17) is 4.74 Å². The topological polar surface area (TPSA) is 104 Å². The van der Waals surface area contributed by atoms with Gasteiger partial charge in [-0.15, -0.1) is 0 Å². The van der Waals surface area contributed by atoms with Gasteiger partial charge in [-0.2, -0.15) is 4.31 Å². The molecule has 10 heteroatoms. The molecule has 3 heterocycles. The molecule has 0 aliphatic carbocycles. The van der Waals surface area contributed by atoms with E-state index in [2.05, 4.69) is 0 Å². The molecule has 0 bridgehead atoms. The minimum atomic E-state index is -3.62. The van der Waals surface area contributed by atoms with Crippen LogP contribution in [-0.2, 0) is 14.8 Å². The number of sulfonamides is 1.